The van der Waals surface area contributed by atoms with E-state index in [0.717, 1.165) is 5.92 Å². The van der Waals surface area contributed by atoms with Gasteiger partial charge >= 0.3 is 0 Å². The van der Waals surface area contributed by atoms with Crippen molar-refractivity contribution < 1.29 is 9.84 Å². The summed E-state index contributed by atoms with van der Waals surface area (Å²) >= 11 is 0. The van der Waals surface area contributed by atoms with E-state index in [-0.39, 0.29) is 0 Å². The SMILES string of the molecule is CCC1CCCC(OCCC(C)(O)CN)C1. The Hall–Kier alpha value is -0.120. The van der Waals surface area contributed by atoms with Gasteiger partial charge in [-0.3, -0.25) is 0 Å². The number of rotatable bonds is 6. The van der Waals surface area contributed by atoms with Crippen LogP contribution in [0.4, 0.5) is 0 Å². The molecule has 0 amide bonds. The van der Waals surface area contributed by atoms with E-state index in [1.165, 1.54) is 32.1 Å². The monoisotopic (exact) mass is 229 g/mol. The molecule has 0 aromatic carbocycles. The molecule has 1 aliphatic rings. The van der Waals surface area contributed by atoms with Crippen molar-refractivity contribution >= 4 is 0 Å². The lowest BCUT2D eigenvalue weighted by molar-refractivity contribution is -0.0254. The Kier molecular flexibility index (Phi) is 5.73. The Balaban J connectivity index is 2.17. The van der Waals surface area contributed by atoms with Crippen LogP contribution in [0.5, 0.6) is 0 Å². The van der Waals surface area contributed by atoms with E-state index < -0.39 is 5.60 Å². The van der Waals surface area contributed by atoms with Crippen LogP contribution in [0.1, 0.15) is 52.4 Å². The maximum atomic E-state index is 9.75. The third-order valence-corrected chi connectivity index (χ3v) is 3.75. The van der Waals surface area contributed by atoms with E-state index in [0.29, 0.717) is 25.7 Å². The lowest BCUT2D eigenvalue weighted by Gasteiger charge is -2.29. The van der Waals surface area contributed by atoms with E-state index in [1.54, 1.807) is 6.92 Å². The second-order valence-corrected chi connectivity index (χ2v) is 5.38. The molecular formula is C13H27NO2. The summed E-state index contributed by atoms with van der Waals surface area (Å²) in [7, 11) is 0. The maximum absolute atomic E-state index is 9.75. The number of nitrogens with two attached hydrogens (primary N) is 1. The van der Waals surface area contributed by atoms with Crippen molar-refractivity contribution in [3.63, 3.8) is 0 Å². The minimum atomic E-state index is -0.765. The van der Waals surface area contributed by atoms with Crippen LogP contribution in [0.15, 0.2) is 0 Å². The summed E-state index contributed by atoms with van der Waals surface area (Å²) in [5.74, 6) is 0.841. The van der Waals surface area contributed by atoms with Gasteiger partial charge in [-0.25, -0.2) is 0 Å². The molecule has 0 radical (unpaired) electrons. The number of hydrogen-bond acceptors (Lipinski definition) is 3. The molecule has 0 aliphatic heterocycles. The molecule has 0 saturated heterocycles. The Bertz CT molecular complexity index is 194. The molecule has 3 nitrogen and oxygen atoms in total. The third kappa shape index (κ3) is 4.81. The van der Waals surface area contributed by atoms with E-state index in [2.05, 4.69) is 6.92 Å². The largest absolute Gasteiger partial charge is 0.389 e. The van der Waals surface area contributed by atoms with Gasteiger partial charge in [0.2, 0.25) is 0 Å². The number of ether oxygens (including phenoxy) is 1. The molecule has 1 rings (SSSR count). The van der Waals surface area contributed by atoms with Crippen molar-refractivity contribution in [3.05, 3.63) is 0 Å². The molecule has 3 unspecified atom stereocenters. The zero-order valence-corrected chi connectivity index (χ0v) is 10.7. The van der Waals surface area contributed by atoms with Gasteiger partial charge in [-0.05, 0) is 25.7 Å². The molecule has 0 bridgehead atoms. The summed E-state index contributed by atoms with van der Waals surface area (Å²) in [6.45, 7) is 4.96. The highest BCUT2D eigenvalue weighted by atomic mass is 16.5. The molecule has 0 aromatic rings. The first-order valence-corrected chi connectivity index (χ1v) is 6.61. The van der Waals surface area contributed by atoms with Crippen molar-refractivity contribution in [1.29, 1.82) is 0 Å². The van der Waals surface area contributed by atoms with Crippen molar-refractivity contribution in [2.45, 2.75) is 64.1 Å². The van der Waals surface area contributed by atoms with Gasteiger partial charge in [-0.15, -0.1) is 0 Å². The lowest BCUT2D eigenvalue weighted by Crippen LogP contribution is -2.36. The smallest absolute Gasteiger partial charge is 0.0763 e. The van der Waals surface area contributed by atoms with Crippen LogP contribution in [0.2, 0.25) is 0 Å². The normalized spacial score (nSPS) is 30.0. The third-order valence-electron chi connectivity index (χ3n) is 3.75. The van der Waals surface area contributed by atoms with E-state index in [4.69, 9.17) is 10.5 Å². The Morgan fingerprint density at radius 1 is 1.44 bits per heavy atom. The van der Waals surface area contributed by atoms with Crippen molar-refractivity contribution in [3.8, 4) is 0 Å². The van der Waals surface area contributed by atoms with Crippen LogP contribution in [0.25, 0.3) is 0 Å². The van der Waals surface area contributed by atoms with Gasteiger partial charge in [0.15, 0.2) is 0 Å². The van der Waals surface area contributed by atoms with E-state index >= 15 is 0 Å². The minimum Gasteiger partial charge on any atom is -0.389 e. The van der Waals surface area contributed by atoms with Gasteiger partial charge in [0, 0.05) is 19.6 Å². The van der Waals surface area contributed by atoms with Gasteiger partial charge in [0.25, 0.3) is 0 Å². The fourth-order valence-electron chi connectivity index (χ4n) is 2.31. The van der Waals surface area contributed by atoms with Crippen molar-refractivity contribution in [2.24, 2.45) is 11.7 Å². The average Bonchev–Trinajstić information content (AvgIpc) is 2.29. The van der Waals surface area contributed by atoms with E-state index in [9.17, 15) is 5.11 Å². The molecule has 1 saturated carbocycles. The fraction of sp³-hybridized carbons (Fsp3) is 1.00. The molecule has 3 heteroatoms. The Labute approximate surface area is 99.4 Å². The Morgan fingerprint density at radius 2 is 2.19 bits per heavy atom. The van der Waals surface area contributed by atoms with Gasteiger partial charge in [-0.1, -0.05) is 26.2 Å². The summed E-state index contributed by atoms with van der Waals surface area (Å²) in [6, 6.07) is 0. The summed E-state index contributed by atoms with van der Waals surface area (Å²) in [5, 5.41) is 9.75. The predicted octanol–water partition coefficient (Wildman–Crippen LogP) is 2.07. The zero-order valence-electron chi connectivity index (χ0n) is 10.7. The van der Waals surface area contributed by atoms with E-state index in [1.807, 2.05) is 0 Å². The number of aliphatic hydroxyl groups is 1. The number of hydrogen-bond donors (Lipinski definition) is 2. The highest BCUT2D eigenvalue weighted by molar-refractivity contribution is 4.75. The van der Waals surface area contributed by atoms with Crippen LogP contribution >= 0.6 is 0 Å². The summed E-state index contributed by atoms with van der Waals surface area (Å²) in [5.41, 5.74) is 4.70. The van der Waals surface area contributed by atoms with Crippen LogP contribution in [-0.4, -0.2) is 30.0 Å². The van der Waals surface area contributed by atoms with Gasteiger partial charge in [0.1, 0.15) is 0 Å². The maximum Gasteiger partial charge on any atom is 0.0763 e. The molecule has 1 aliphatic carbocycles. The van der Waals surface area contributed by atoms with Gasteiger partial charge < -0.3 is 15.6 Å². The quantitative estimate of drug-likeness (QED) is 0.733. The van der Waals surface area contributed by atoms with Crippen LogP contribution < -0.4 is 5.73 Å². The second-order valence-electron chi connectivity index (χ2n) is 5.38. The topological polar surface area (TPSA) is 55.5 Å². The van der Waals surface area contributed by atoms with Gasteiger partial charge in [-0.2, -0.15) is 0 Å². The molecule has 0 spiro atoms. The van der Waals surface area contributed by atoms with Crippen LogP contribution in [0, 0.1) is 5.92 Å². The highest BCUT2D eigenvalue weighted by Crippen LogP contribution is 2.28. The van der Waals surface area contributed by atoms with Crippen LogP contribution in [-0.2, 0) is 4.74 Å². The molecule has 16 heavy (non-hydrogen) atoms. The lowest BCUT2D eigenvalue weighted by atomic mass is 9.85. The highest BCUT2D eigenvalue weighted by Gasteiger charge is 2.23. The fourth-order valence-corrected chi connectivity index (χ4v) is 2.31. The van der Waals surface area contributed by atoms with Crippen molar-refractivity contribution in [2.75, 3.05) is 13.2 Å². The molecule has 1 fully saturated rings. The first-order chi connectivity index (χ1) is 7.57. The molecule has 96 valence electrons. The average molecular weight is 229 g/mol. The summed E-state index contributed by atoms with van der Waals surface area (Å²) < 4.78 is 5.84. The Morgan fingerprint density at radius 3 is 2.81 bits per heavy atom. The molecule has 3 atom stereocenters. The second kappa shape index (κ2) is 6.58. The molecular weight excluding hydrogens is 202 g/mol. The minimum absolute atomic E-state index is 0.304. The van der Waals surface area contributed by atoms with Crippen molar-refractivity contribution in [1.82, 2.24) is 0 Å². The summed E-state index contributed by atoms with van der Waals surface area (Å²) in [6.07, 6.45) is 7.33. The van der Waals surface area contributed by atoms with Crippen LogP contribution in [0.3, 0.4) is 0 Å². The molecule has 3 N–H and O–H groups in total. The molecule has 0 aromatic heterocycles. The predicted molar refractivity (Wildman–Crippen MR) is 66.3 cm³/mol. The van der Waals surface area contributed by atoms with Gasteiger partial charge in [0.05, 0.1) is 11.7 Å². The first-order valence-electron chi connectivity index (χ1n) is 6.61. The summed E-state index contributed by atoms with van der Waals surface area (Å²) in [4.78, 5) is 0. The zero-order chi connectivity index (χ0) is 12.0. The standard InChI is InChI=1S/C13H27NO2/c1-3-11-5-4-6-12(9-11)16-8-7-13(2,15)10-14/h11-12,15H,3-10,14H2,1-2H3. The first kappa shape index (κ1) is 13.9. The molecule has 0 heterocycles.